The predicted molar refractivity (Wildman–Crippen MR) is 116 cm³/mol. The van der Waals surface area contributed by atoms with Gasteiger partial charge in [-0.1, -0.05) is 35.9 Å². The quantitative estimate of drug-likeness (QED) is 0.584. The Labute approximate surface area is 177 Å². The molecule has 0 unspecified atom stereocenters. The van der Waals surface area contributed by atoms with Gasteiger partial charge in [0.2, 0.25) is 0 Å². The Morgan fingerprint density at radius 2 is 1.90 bits per heavy atom. The van der Waals surface area contributed by atoms with E-state index in [1.54, 1.807) is 0 Å². The molecule has 0 spiro atoms. The van der Waals surface area contributed by atoms with Crippen molar-refractivity contribution in [1.82, 2.24) is 14.5 Å². The van der Waals surface area contributed by atoms with Gasteiger partial charge in [-0.2, -0.15) is 5.26 Å². The minimum Gasteiger partial charge on any atom is -0.329 e. The first kappa shape index (κ1) is 20.1. The molecule has 1 aliphatic rings. The Morgan fingerprint density at radius 1 is 1.13 bits per heavy atom. The zero-order chi connectivity index (χ0) is 20.9. The fourth-order valence-corrected chi connectivity index (χ4v) is 4.12. The second-order valence-electron chi connectivity index (χ2n) is 8.11. The van der Waals surface area contributed by atoms with Crippen molar-refractivity contribution in [2.45, 2.75) is 32.9 Å². The molecular weight excluding hydrogens is 372 g/mol. The molecule has 0 atom stereocenters. The van der Waals surface area contributed by atoms with Crippen molar-refractivity contribution in [3.05, 3.63) is 89.0 Å². The van der Waals surface area contributed by atoms with Crippen LogP contribution in [-0.4, -0.2) is 33.3 Å². The summed E-state index contributed by atoms with van der Waals surface area (Å²) in [5.41, 5.74) is 4.97. The maximum atomic E-state index is 12.8. The number of benzene rings is 2. The van der Waals surface area contributed by atoms with Crippen LogP contribution in [0.3, 0.4) is 0 Å². The maximum Gasteiger partial charge on any atom is 0.166 e. The van der Waals surface area contributed by atoms with Gasteiger partial charge in [-0.15, -0.1) is 0 Å². The lowest BCUT2D eigenvalue weighted by atomic mass is 9.88. The fourth-order valence-electron chi connectivity index (χ4n) is 4.12. The van der Waals surface area contributed by atoms with E-state index in [1.165, 1.54) is 5.69 Å². The number of likely N-dealkylation sites (tertiary alicyclic amines) is 1. The van der Waals surface area contributed by atoms with Gasteiger partial charge in [-0.05, 0) is 56.6 Å². The van der Waals surface area contributed by atoms with Gasteiger partial charge in [0.05, 0.1) is 23.7 Å². The Bertz CT molecular complexity index is 1050. The van der Waals surface area contributed by atoms with Crippen molar-refractivity contribution in [3.63, 3.8) is 0 Å². The van der Waals surface area contributed by atoms with E-state index >= 15 is 0 Å². The van der Waals surface area contributed by atoms with E-state index in [0.717, 1.165) is 55.7 Å². The second-order valence-corrected chi connectivity index (χ2v) is 8.11. The van der Waals surface area contributed by atoms with E-state index in [2.05, 4.69) is 20.5 Å². The molecule has 1 aromatic heterocycles. The number of hydrogen-bond donors (Lipinski definition) is 0. The van der Waals surface area contributed by atoms with Crippen molar-refractivity contribution in [3.8, 4) is 6.07 Å². The minimum absolute atomic E-state index is 0.117. The number of nitriles is 1. The average Bonchev–Trinajstić information content (AvgIpc) is 3.21. The fraction of sp³-hybridized carbons (Fsp3) is 0.320. The third-order valence-electron chi connectivity index (χ3n) is 5.88. The molecule has 4 rings (SSSR count). The van der Waals surface area contributed by atoms with Crippen LogP contribution in [0.1, 0.15) is 45.6 Å². The summed E-state index contributed by atoms with van der Waals surface area (Å²) >= 11 is 0. The zero-order valence-corrected chi connectivity index (χ0v) is 17.3. The molecule has 1 saturated heterocycles. The van der Waals surface area contributed by atoms with Crippen LogP contribution < -0.4 is 0 Å². The first-order valence-corrected chi connectivity index (χ1v) is 10.4. The van der Waals surface area contributed by atoms with Crippen LogP contribution in [-0.2, 0) is 13.1 Å². The van der Waals surface area contributed by atoms with Gasteiger partial charge in [0.15, 0.2) is 5.78 Å². The van der Waals surface area contributed by atoms with Crippen LogP contribution in [0, 0.1) is 24.2 Å². The number of carbonyl (C=O) groups is 1. The van der Waals surface area contributed by atoms with Crippen LogP contribution in [0.2, 0.25) is 0 Å². The highest BCUT2D eigenvalue weighted by atomic mass is 16.1. The molecule has 30 heavy (non-hydrogen) atoms. The molecule has 1 aliphatic heterocycles. The molecule has 0 bridgehead atoms. The third-order valence-corrected chi connectivity index (χ3v) is 5.88. The van der Waals surface area contributed by atoms with Crippen molar-refractivity contribution < 1.29 is 4.79 Å². The lowest BCUT2D eigenvalue weighted by Crippen LogP contribution is -2.36. The normalized spacial score (nSPS) is 15.1. The molecule has 0 amide bonds. The van der Waals surface area contributed by atoms with Crippen LogP contribution in [0.4, 0.5) is 0 Å². The molecule has 0 saturated carbocycles. The van der Waals surface area contributed by atoms with Crippen molar-refractivity contribution in [1.29, 1.82) is 5.26 Å². The summed E-state index contributed by atoms with van der Waals surface area (Å²) in [5.74, 6) is 0.399. The summed E-state index contributed by atoms with van der Waals surface area (Å²) in [4.78, 5) is 19.6. The number of piperidine rings is 1. The Morgan fingerprint density at radius 3 is 2.60 bits per heavy atom. The first-order valence-electron chi connectivity index (χ1n) is 10.4. The van der Waals surface area contributed by atoms with E-state index in [1.807, 2.05) is 68.0 Å². The van der Waals surface area contributed by atoms with Crippen LogP contribution in [0.15, 0.2) is 61.1 Å². The summed E-state index contributed by atoms with van der Waals surface area (Å²) in [6.45, 7) is 5.44. The Hall–Kier alpha value is -3.23. The monoisotopic (exact) mass is 398 g/mol. The van der Waals surface area contributed by atoms with Crippen LogP contribution in [0.25, 0.3) is 0 Å². The second kappa shape index (κ2) is 9.06. The van der Waals surface area contributed by atoms with Crippen LogP contribution >= 0.6 is 0 Å². The van der Waals surface area contributed by atoms with Gasteiger partial charge < -0.3 is 4.57 Å². The predicted octanol–water partition coefficient (Wildman–Crippen LogP) is 4.21. The average molecular weight is 399 g/mol. The molecule has 5 heteroatoms. The first-order chi connectivity index (χ1) is 14.6. The third kappa shape index (κ3) is 4.67. The summed E-state index contributed by atoms with van der Waals surface area (Å²) in [6, 6.07) is 17.8. The molecule has 3 aromatic rings. The molecule has 0 aliphatic carbocycles. The number of rotatable bonds is 6. The largest absolute Gasteiger partial charge is 0.329 e. The molecule has 152 valence electrons. The number of aromatic nitrogens is 2. The number of carbonyl (C=O) groups excluding carboxylic acids is 1. The summed E-state index contributed by atoms with van der Waals surface area (Å²) in [7, 11) is 0. The van der Waals surface area contributed by atoms with Crippen molar-refractivity contribution in [2.24, 2.45) is 5.92 Å². The number of aryl methyl sites for hydroxylation is 1. The number of Topliss-reactive ketones (excluding diaryl/α,β-unsaturated/α-hetero) is 1. The highest BCUT2D eigenvalue weighted by Crippen LogP contribution is 2.23. The highest BCUT2D eigenvalue weighted by molar-refractivity contribution is 5.98. The van der Waals surface area contributed by atoms with E-state index < -0.39 is 0 Å². The summed E-state index contributed by atoms with van der Waals surface area (Å²) in [6.07, 6.45) is 5.59. The maximum absolute atomic E-state index is 12.8. The van der Waals surface area contributed by atoms with Gasteiger partial charge in [0, 0.05) is 30.8 Å². The lowest BCUT2D eigenvalue weighted by Gasteiger charge is -2.31. The molecule has 0 radical (unpaired) electrons. The Balaban J connectivity index is 1.34. The minimum atomic E-state index is 0.117. The summed E-state index contributed by atoms with van der Waals surface area (Å²) in [5, 5.41) is 8.95. The van der Waals surface area contributed by atoms with Gasteiger partial charge in [-0.25, -0.2) is 4.98 Å². The highest BCUT2D eigenvalue weighted by Gasteiger charge is 2.26. The van der Waals surface area contributed by atoms with Gasteiger partial charge in [0.1, 0.15) is 0 Å². The van der Waals surface area contributed by atoms with Crippen molar-refractivity contribution >= 4 is 5.78 Å². The van der Waals surface area contributed by atoms with Crippen LogP contribution in [0.5, 0.6) is 0 Å². The number of ketones is 1. The topological polar surface area (TPSA) is 61.9 Å². The molecular formula is C25H26N4O. The Kier molecular flexibility index (Phi) is 6.06. The molecule has 5 nitrogen and oxygen atoms in total. The smallest absolute Gasteiger partial charge is 0.166 e. The van der Waals surface area contributed by atoms with E-state index in [9.17, 15) is 4.79 Å². The molecule has 2 aromatic carbocycles. The van der Waals surface area contributed by atoms with E-state index in [0.29, 0.717) is 5.56 Å². The zero-order valence-electron chi connectivity index (χ0n) is 17.3. The molecule has 2 heterocycles. The molecule has 1 fully saturated rings. The standard InChI is InChI=1S/C25H26N4O/c1-19-3-2-4-23(13-19)25(30)22-9-11-28(12-10-22)17-24-15-27-18-29(24)16-21-7-5-20(14-26)6-8-21/h2-8,13,15,18,22H,9-12,16-17H2,1H3. The van der Waals surface area contributed by atoms with Gasteiger partial charge in [-0.3, -0.25) is 9.69 Å². The summed E-state index contributed by atoms with van der Waals surface area (Å²) < 4.78 is 2.16. The van der Waals surface area contributed by atoms with E-state index in [-0.39, 0.29) is 11.7 Å². The number of nitrogens with zero attached hydrogens (tertiary/aromatic N) is 4. The van der Waals surface area contributed by atoms with Crippen molar-refractivity contribution in [2.75, 3.05) is 13.1 Å². The molecule has 0 N–H and O–H groups in total. The lowest BCUT2D eigenvalue weighted by molar-refractivity contribution is 0.0833. The number of imidazole rings is 1. The SMILES string of the molecule is Cc1cccc(C(=O)C2CCN(Cc3cncn3Cc3ccc(C#N)cc3)CC2)c1. The van der Waals surface area contributed by atoms with Gasteiger partial charge >= 0.3 is 0 Å². The number of hydrogen-bond acceptors (Lipinski definition) is 4. The van der Waals surface area contributed by atoms with Gasteiger partial charge in [0.25, 0.3) is 0 Å². The van der Waals surface area contributed by atoms with E-state index in [4.69, 9.17) is 5.26 Å².